The molecule has 140 valence electrons. The Bertz CT molecular complexity index is 1250. The molecule has 0 saturated heterocycles. The van der Waals surface area contributed by atoms with Crippen molar-refractivity contribution in [1.82, 2.24) is 19.6 Å². The number of aromatic nitrogens is 4. The van der Waals surface area contributed by atoms with Gasteiger partial charge in [-0.05, 0) is 24.6 Å². The van der Waals surface area contributed by atoms with Crippen molar-refractivity contribution >= 4 is 23.1 Å². The summed E-state index contributed by atoms with van der Waals surface area (Å²) in [4.78, 5) is 27.2. The first-order valence-corrected chi connectivity index (χ1v) is 9.19. The highest BCUT2D eigenvalue weighted by Gasteiger charge is 2.14. The van der Waals surface area contributed by atoms with Gasteiger partial charge in [-0.25, -0.2) is 4.98 Å². The van der Waals surface area contributed by atoms with Crippen molar-refractivity contribution in [3.05, 3.63) is 80.4 Å². The fourth-order valence-electron chi connectivity index (χ4n) is 2.66. The van der Waals surface area contributed by atoms with Gasteiger partial charge in [0.15, 0.2) is 0 Å². The maximum absolute atomic E-state index is 12.2. The highest BCUT2D eigenvalue weighted by molar-refractivity contribution is 7.98. The lowest BCUT2D eigenvalue weighted by Crippen LogP contribution is -2.15. The Morgan fingerprint density at radius 1 is 1.21 bits per heavy atom. The van der Waals surface area contributed by atoms with Gasteiger partial charge in [0.1, 0.15) is 5.65 Å². The summed E-state index contributed by atoms with van der Waals surface area (Å²) < 4.78 is 7.07. The van der Waals surface area contributed by atoms with E-state index in [0.29, 0.717) is 22.7 Å². The first-order valence-electron chi connectivity index (χ1n) is 8.20. The van der Waals surface area contributed by atoms with Crippen LogP contribution in [0.3, 0.4) is 0 Å². The highest BCUT2D eigenvalue weighted by Crippen LogP contribution is 2.27. The number of nitro benzene ring substituents is 1. The Hall–Kier alpha value is -3.53. The van der Waals surface area contributed by atoms with Gasteiger partial charge in [0, 0.05) is 35.7 Å². The molecule has 0 N–H and O–H groups in total. The number of nitro groups is 1. The fourth-order valence-corrected chi connectivity index (χ4v) is 3.31. The van der Waals surface area contributed by atoms with Crippen LogP contribution in [0.25, 0.3) is 17.1 Å². The quantitative estimate of drug-likeness (QED) is 0.287. The third-order valence-electron chi connectivity index (χ3n) is 3.99. The minimum Gasteiger partial charge on any atom is -0.411 e. The van der Waals surface area contributed by atoms with Crippen molar-refractivity contribution in [2.45, 2.75) is 17.9 Å². The molecular weight excluding hydrogens is 382 g/mol. The summed E-state index contributed by atoms with van der Waals surface area (Å²) in [5, 5.41) is 19.1. The molecule has 1 aromatic carbocycles. The molecule has 9 nitrogen and oxygen atoms in total. The Kier molecular flexibility index (Phi) is 4.62. The molecule has 0 atom stereocenters. The Morgan fingerprint density at radius 3 is 2.89 bits per heavy atom. The van der Waals surface area contributed by atoms with Gasteiger partial charge < -0.3 is 4.42 Å². The van der Waals surface area contributed by atoms with E-state index in [9.17, 15) is 14.9 Å². The van der Waals surface area contributed by atoms with Gasteiger partial charge in [0.25, 0.3) is 16.5 Å². The lowest BCUT2D eigenvalue weighted by molar-refractivity contribution is -0.384. The topological polar surface area (TPSA) is 116 Å². The molecule has 0 spiro atoms. The van der Waals surface area contributed by atoms with Crippen LogP contribution >= 0.6 is 11.8 Å². The maximum Gasteiger partial charge on any atom is 0.277 e. The minimum absolute atomic E-state index is 0.0545. The number of aryl methyl sites for hydroxylation is 1. The summed E-state index contributed by atoms with van der Waals surface area (Å²) in [6.07, 6.45) is 1.68. The van der Waals surface area contributed by atoms with E-state index in [1.807, 2.05) is 13.0 Å². The standard InChI is InChI=1S/C18H13N5O4S/c1-11-4-3-7-22-15(24)9-13(19-16(11)22)10-28-18-21-20-17(27-18)12-5-2-6-14(8-12)23(25)26/h2-9H,10H2,1H3. The number of hydrogen-bond donors (Lipinski definition) is 0. The second kappa shape index (κ2) is 7.24. The van der Waals surface area contributed by atoms with Gasteiger partial charge >= 0.3 is 0 Å². The van der Waals surface area contributed by atoms with E-state index in [-0.39, 0.29) is 22.4 Å². The molecule has 0 saturated carbocycles. The SMILES string of the molecule is Cc1cccn2c(=O)cc(CSc3nnc(-c4cccc([N+](=O)[O-])c4)o3)nc12. The molecule has 3 aromatic heterocycles. The molecule has 3 heterocycles. The predicted octanol–water partition coefficient (Wildman–Crippen LogP) is 3.25. The van der Waals surface area contributed by atoms with Crippen molar-refractivity contribution in [1.29, 1.82) is 0 Å². The molecule has 0 fully saturated rings. The lowest BCUT2D eigenvalue weighted by atomic mass is 10.2. The molecule has 0 bridgehead atoms. The van der Waals surface area contributed by atoms with Gasteiger partial charge in [-0.2, -0.15) is 0 Å². The van der Waals surface area contributed by atoms with Gasteiger partial charge in [-0.1, -0.05) is 23.9 Å². The summed E-state index contributed by atoms with van der Waals surface area (Å²) in [7, 11) is 0. The monoisotopic (exact) mass is 395 g/mol. The van der Waals surface area contributed by atoms with E-state index in [1.54, 1.807) is 24.4 Å². The van der Waals surface area contributed by atoms with Gasteiger partial charge in [0.2, 0.25) is 5.89 Å². The van der Waals surface area contributed by atoms with Crippen LogP contribution in [0.5, 0.6) is 0 Å². The van der Waals surface area contributed by atoms with Crippen LogP contribution in [0.1, 0.15) is 11.3 Å². The molecule has 0 aliphatic rings. The van der Waals surface area contributed by atoms with Crippen LogP contribution in [0.4, 0.5) is 5.69 Å². The molecule has 0 aliphatic carbocycles. The van der Waals surface area contributed by atoms with Crippen LogP contribution in [0.2, 0.25) is 0 Å². The Labute approximate surface area is 162 Å². The summed E-state index contributed by atoms with van der Waals surface area (Å²) in [5.74, 6) is 0.560. The molecule has 0 amide bonds. The largest absolute Gasteiger partial charge is 0.411 e. The van der Waals surface area contributed by atoms with E-state index >= 15 is 0 Å². The van der Waals surface area contributed by atoms with Crippen LogP contribution in [-0.2, 0) is 5.75 Å². The van der Waals surface area contributed by atoms with Crippen molar-refractivity contribution in [3.63, 3.8) is 0 Å². The van der Waals surface area contributed by atoms with Crippen molar-refractivity contribution < 1.29 is 9.34 Å². The first kappa shape index (κ1) is 17.9. The second-order valence-electron chi connectivity index (χ2n) is 5.94. The lowest BCUT2D eigenvalue weighted by Gasteiger charge is -2.05. The van der Waals surface area contributed by atoms with E-state index in [4.69, 9.17) is 4.42 Å². The van der Waals surface area contributed by atoms with Crippen LogP contribution in [-0.4, -0.2) is 24.5 Å². The molecule has 0 unspecified atom stereocenters. The Balaban J connectivity index is 1.55. The van der Waals surface area contributed by atoms with Crippen LogP contribution < -0.4 is 5.56 Å². The predicted molar refractivity (Wildman–Crippen MR) is 102 cm³/mol. The summed E-state index contributed by atoms with van der Waals surface area (Å²) in [5.41, 5.74) is 2.35. The van der Waals surface area contributed by atoms with Gasteiger partial charge in [0.05, 0.1) is 10.6 Å². The molecule has 0 aliphatic heterocycles. The zero-order valence-corrected chi connectivity index (χ0v) is 15.4. The molecule has 4 aromatic rings. The van der Waals surface area contributed by atoms with E-state index in [0.717, 1.165) is 5.56 Å². The number of hydrogen-bond acceptors (Lipinski definition) is 8. The van der Waals surface area contributed by atoms with Gasteiger partial charge in [-0.3, -0.25) is 19.3 Å². The Morgan fingerprint density at radius 2 is 2.07 bits per heavy atom. The van der Waals surface area contributed by atoms with E-state index < -0.39 is 4.92 Å². The third-order valence-corrected chi connectivity index (χ3v) is 4.85. The molecule has 4 rings (SSSR count). The summed E-state index contributed by atoms with van der Waals surface area (Å²) >= 11 is 1.24. The zero-order valence-electron chi connectivity index (χ0n) is 14.6. The smallest absolute Gasteiger partial charge is 0.277 e. The first-order chi connectivity index (χ1) is 13.5. The van der Waals surface area contributed by atoms with Crippen LogP contribution in [0, 0.1) is 17.0 Å². The number of fused-ring (bicyclic) bond motifs is 1. The average molecular weight is 395 g/mol. The van der Waals surface area contributed by atoms with Crippen molar-refractivity contribution in [2.24, 2.45) is 0 Å². The van der Waals surface area contributed by atoms with Gasteiger partial charge in [-0.15, -0.1) is 10.2 Å². The fraction of sp³-hybridized carbons (Fsp3) is 0.111. The van der Waals surface area contributed by atoms with Crippen molar-refractivity contribution in [3.8, 4) is 11.5 Å². The number of nitrogens with zero attached hydrogens (tertiary/aromatic N) is 5. The summed E-state index contributed by atoms with van der Waals surface area (Å²) in [6, 6.07) is 11.1. The second-order valence-corrected chi connectivity index (χ2v) is 6.87. The number of thioether (sulfide) groups is 1. The summed E-state index contributed by atoms with van der Waals surface area (Å²) in [6.45, 7) is 1.89. The molecule has 10 heteroatoms. The molecular formula is C18H13N5O4S. The number of pyridine rings is 1. The van der Waals surface area contributed by atoms with Crippen molar-refractivity contribution in [2.75, 3.05) is 0 Å². The third kappa shape index (κ3) is 3.49. The number of benzene rings is 1. The zero-order chi connectivity index (χ0) is 19.7. The average Bonchev–Trinajstić information content (AvgIpc) is 3.16. The minimum atomic E-state index is -0.485. The highest BCUT2D eigenvalue weighted by atomic mass is 32.2. The molecule has 28 heavy (non-hydrogen) atoms. The number of rotatable bonds is 5. The maximum atomic E-state index is 12.2. The van der Waals surface area contributed by atoms with E-state index in [1.165, 1.54) is 34.4 Å². The van der Waals surface area contributed by atoms with Crippen LogP contribution in [0.15, 0.2) is 63.1 Å². The number of non-ortho nitro benzene ring substituents is 1. The molecule has 0 radical (unpaired) electrons. The van der Waals surface area contributed by atoms with E-state index in [2.05, 4.69) is 15.2 Å². The normalized spacial score (nSPS) is 11.0.